The average molecular weight is 256 g/mol. The molecule has 0 saturated carbocycles. The highest BCUT2D eigenvalue weighted by Crippen LogP contribution is 2.33. The second-order valence-electron chi connectivity index (χ2n) is 3.87. The molecule has 2 nitrogen and oxygen atoms in total. The van der Waals surface area contributed by atoms with Gasteiger partial charge in [0.1, 0.15) is 11.6 Å². The highest BCUT2D eigenvalue weighted by atomic mass is 35.5. The van der Waals surface area contributed by atoms with Gasteiger partial charge in [-0.3, -0.25) is 0 Å². The van der Waals surface area contributed by atoms with Crippen molar-refractivity contribution in [3.8, 4) is 0 Å². The summed E-state index contributed by atoms with van der Waals surface area (Å²) in [6, 6.07) is 2.91. The number of rotatable bonds is 4. The van der Waals surface area contributed by atoms with Gasteiger partial charge in [-0.25, -0.2) is 4.39 Å². The molecule has 0 aliphatic carbocycles. The van der Waals surface area contributed by atoms with E-state index >= 15 is 0 Å². The Hall–Kier alpha value is -1.06. The van der Waals surface area contributed by atoms with Crippen LogP contribution in [0.15, 0.2) is 16.5 Å². The minimum atomic E-state index is -0.271. The number of aryl methyl sites for hydroxylation is 1. The summed E-state index contributed by atoms with van der Waals surface area (Å²) >= 11 is 6.02. The third-order valence-electron chi connectivity index (χ3n) is 2.81. The Morgan fingerprint density at radius 2 is 2.12 bits per heavy atom. The molecule has 0 amide bonds. The fourth-order valence-corrected chi connectivity index (χ4v) is 2.19. The van der Waals surface area contributed by atoms with Gasteiger partial charge in [-0.1, -0.05) is 25.4 Å². The van der Waals surface area contributed by atoms with Crippen LogP contribution in [-0.2, 0) is 13.0 Å². The number of fused-ring (bicyclic) bond motifs is 1. The summed E-state index contributed by atoms with van der Waals surface area (Å²) in [5, 5.41) is 4.16. The minimum Gasteiger partial charge on any atom is -0.458 e. The molecule has 0 fully saturated rings. The summed E-state index contributed by atoms with van der Waals surface area (Å²) in [4.78, 5) is 0. The minimum absolute atomic E-state index is 0.271. The van der Waals surface area contributed by atoms with Crippen molar-refractivity contribution in [1.82, 2.24) is 5.32 Å². The maximum absolute atomic E-state index is 13.8. The van der Waals surface area contributed by atoms with E-state index in [0.29, 0.717) is 22.5 Å². The third-order valence-corrected chi connectivity index (χ3v) is 3.11. The van der Waals surface area contributed by atoms with Gasteiger partial charge in [-0.2, -0.15) is 0 Å². The second-order valence-corrected chi connectivity index (χ2v) is 4.28. The third kappa shape index (κ3) is 2.17. The molecule has 0 aliphatic heterocycles. The van der Waals surface area contributed by atoms with Crippen molar-refractivity contribution >= 4 is 22.6 Å². The monoisotopic (exact) mass is 255 g/mol. The maximum Gasteiger partial charge on any atom is 0.156 e. The van der Waals surface area contributed by atoms with Gasteiger partial charge >= 0.3 is 0 Å². The molecule has 2 rings (SSSR count). The molecule has 1 N–H and O–H groups in total. The van der Waals surface area contributed by atoms with Gasteiger partial charge in [-0.05, 0) is 25.1 Å². The molecule has 0 aliphatic rings. The van der Waals surface area contributed by atoms with Gasteiger partial charge in [0.2, 0.25) is 0 Å². The van der Waals surface area contributed by atoms with Crippen LogP contribution < -0.4 is 5.32 Å². The van der Waals surface area contributed by atoms with Gasteiger partial charge in [0.25, 0.3) is 0 Å². The molecule has 92 valence electrons. The summed E-state index contributed by atoms with van der Waals surface area (Å²) in [6.45, 7) is 5.45. The summed E-state index contributed by atoms with van der Waals surface area (Å²) in [6.07, 6.45) is 0.727. The molecule has 1 aromatic carbocycles. The molecular weight excluding hydrogens is 241 g/mol. The predicted molar refractivity (Wildman–Crippen MR) is 67.9 cm³/mol. The van der Waals surface area contributed by atoms with Crippen molar-refractivity contribution in [2.75, 3.05) is 6.54 Å². The van der Waals surface area contributed by atoms with Crippen LogP contribution in [0.1, 0.15) is 25.2 Å². The standard InChI is InChI=1S/C13H15ClFNO/c1-3-8-11(7-16-4-2)17-13-9(14)5-6-10(15)12(8)13/h5-6,16H,3-4,7H2,1-2H3. The lowest BCUT2D eigenvalue weighted by molar-refractivity contribution is 0.514. The van der Waals surface area contributed by atoms with Crippen LogP contribution in [0.4, 0.5) is 4.39 Å². The lowest BCUT2D eigenvalue weighted by Crippen LogP contribution is -2.12. The van der Waals surface area contributed by atoms with Crippen molar-refractivity contribution in [2.45, 2.75) is 26.8 Å². The highest BCUT2D eigenvalue weighted by Gasteiger charge is 2.17. The van der Waals surface area contributed by atoms with E-state index in [1.54, 1.807) is 0 Å². The van der Waals surface area contributed by atoms with Crippen LogP contribution in [0.5, 0.6) is 0 Å². The van der Waals surface area contributed by atoms with Crippen LogP contribution in [0, 0.1) is 5.82 Å². The van der Waals surface area contributed by atoms with E-state index < -0.39 is 0 Å². The Morgan fingerprint density at radius 1 is 1.35 bits per heavy atom. The van der Waals surface area contributed by atoms with Crippen LogP contribution >= 0.6 is 11.6 Å². The van der Waals surface area contributed by atoms with E-state index in [9.17, 15) is 4.39 Å². The van der Waals surface area contributed by atoms with Gasteiger partial charge in [0, 0.05) is 5.56 Å². The molecule has 2 aromatic rings. The lowest BCUT2D eigenvalue weighted by Gasteiger charge is -2.00. The van der Waals surface area contributed by atoms with Gasteiger partial charge in [0.05, 0.1) is 17.0 Å². The average Bonchev–Trinajstić information content (AvgIpc) is 2.71. The first kappa shape index (κ1) is 12.4. The van der Waals surface area contributed by atoms with Crippen molar-refractivity contribution in [1.29, 1.82) is 0 Å². The molecule has 0 saturated heterocycles. The lowest BCUT2D eigenvalue weighted by atomic mass is 10.1. The zero-order valence-corrected chi connectivity index (χ0v) is 10.7. The molecule has 0 spiro atoms. The first-order chi connectivity index (χ1) is 8.19. The molecule has 1 heterocycles. The summed E-state index contributed by atoms with van der Waals surface area (Å²) < 4.78 is 19.5. The Morgan fingerprint density at radius 3 is 2.76 bits per heavy atom. The SMILES string of the molecule is CCNCc1oc2c(Cl)ccc(F)c2c1CC. The highest BCUT2D eigenvalue weighted by molar-refractivity contribution is 6.34. The molecule has 1 aromatic heterocycles. The van der Waals surface area contributed by atoms with Crippen LogP contribution in [0.2, 0.25) is 5.02 Å². The molecule has 0 bridgehead atoms. The van der Waals surface area contributed by atoms with E-state index in [1.165, 1.54) is 12.1 Å². The smallest absolute Gasteiger partial charge is 0.156 e. The van der Waals surface area contributed by atoms with E-state index in [2.05, 4.69) is 5.32 Å². The number of hydrogen-bond donors (Lipinski definition) is 1. The predicted octanol–water partition coefficient (Wildman–Crippen LogP) is 3.90. The molecular formula is C13H15ClFNO. The van der Waals surface area contributed by atoms with Crippen LogP contribution in [-0.4, -0.2) is 6.54 Å². The normalized spacial score (nSPS) is 11.3. The summed E-state index contributed by atoms with van der Waals surface area (Å²) in [5.74, 6) is 0.504. The second kappa shape index (κ2) is 5.07. The van der Waals surface area contributed by atoms with Gasteiger partial charge < -0.3 is 9.73 Å². The van der Waals surface area contributed by atoms with Crippen LogP contribution in [0.25, 0.3) is 11.0 Å². The number of halogens is 2. The van der Waals surface area contributed by atoms with Gasteiger partial charge in [0.15, 0.2) is 5.58 Å². The largest absolute Gasteiger partial charge is 0.458 e. The number of furan rings is 1. The van der Waals surface area contributed by atoms with E-state index in [4.69, 9.17) is 16.0 Å². The number of hydrogen-bond acceptors (Lipinski definition) is 2. The van der Waals surface area contributed by atoms with Crippen molar-refractivity contribution in [2.24, 2.45) is 0 Å². The fraction of sp³-hybridized carbons (Fsp3) is 0.385. The van der Waals surface area contributed by atoms with Crippen molar-refractivity contribution < 1.29 is 8.81 Å². The first-order valence-electron chi connectivity index (χ1n) is 5.78. The van der Waals surface area contributed by atoms with E-state index in [-0.39, 0.29) is 5.82 Å². The maximum atomic E-state index is 13.8. The molecule has 0 radical (unpaired) electrons. The van der Waals surface area contributed by atoms with Crippen LogP contribution in [0.3, 0.4) is 0 Å². The summed E-state index contributed by atoms with van der Waals surface area (Å²) in [5.41, 5.74) is 1.36. The molecule has 17 heavy (non-hydrogen) atoms. The first-order valence-corrected chi connectivity index (χ1v) is 6.15. The van der Waals surface area contributed by atoms with Gasteiger partial charge in [-0.15, -0.1) is 0 Å². The Labute approximate surface area is 105 Å². The molecule has 4 heteroatoms. The Kier molecular flexibility index (Phi) is 3.69. The van der Waals surface area contributed by atoms with Crippen molar-refractivity contribution in [3.05, 3.63) is 34.3 Å². The topological polar surface area (TPSA) is 25.2 Å². The van der Waals surface area contributed by atoms with E-state index in [1.807, 2.05) is 13.8 Å². The Bertz CT molecular complexity index is 536. The zero-order chi connectivity index (χ0) is 12.4. The number of benzene rings is 1. The Balaban J connectivity index is 2.62. The number of nitrogens with one attached hydrogen (secondary N) is 1. The summed E-state index contributed by atoms with van der Waals surface area (Å²) in [7, 11) is 0. The zero-order valence-electron chi connectivity index (χ0n) is 9.94. The molecule has 0 atom stereocenters. The molecule has 0 unspecified atom stereocenters. The van der Waals surface area contributed by atoms with E-state index in [0.717, 1.165) is 24.3 Å². The quantitative estimate of drug-likeness (QED) is 0.896. The fourth-order valence-electron chi connectivity index (χ4n) is 1.99. The van der Waals surface area contributed by atoms with Crippen molar-refractivity contribution in [3.63, 3.8) is 0 Å².